The summed E-state index contributed by atoms with van der Waals surface area (Å²) in [5.74, 6) is -0.369. The van der Waals surface area contributed by atoms with Crippen molar-refractivity contribution in [1.82, 2.24) is 5.32 Å². The molecular weight excluding hydrogens is 372 g/mol. The van der Waals surface area contributed by atoms with Crippen LogP contribution in [-0.2, 0) is 21.4 Å². The number of aryl methyl sites for hydroxylation is 2. The zero-order chi connectivity index (χ0) is 19.5. The van der Waals surface area contributed by atoms with Crippen molar-refractivity contribution >= 4 is 33.2 Å². The van der Waals surface area contributed by atoms with Crippen LogP contribution in [0, 0.1) is 13.8 Å². The summed E-state index contributed by atoms with van der Waals surface area (Å²) in [6.07, 6.45) is 1.11. The topological polar surface area (TPSA) is 66.5 Å². The maximum absolute atomic E-state index is 12.6. The van der Waals surface area contributed by atoms with Gasteiger partial charge in [-0.25, -0.2) is 8.42 Å². The van der Waals surface area contributed by atoms with Gasteiger partial charge in [-0.15, -0.1) is 0 Å². The Kier molecular flexibility index (Phi) is 6.31. The number of nitrogens with zero attached hydrogens (tertiary/aromatic N) is 1. The number of anilines is 1. The summed E-state index contributed by atoms with van der Waals surface area (Å²) < 4.78 is 25.9. The van der Waals surface area contributed by atoms with Gasteiger partial charge < -0.3 is 5.32 Å². The SMILES string of the molecule is Cc1ccc(C)c(N([C@@H](C)C(=O)NCc2ccc(Cl)cc2)S(C)(=O)=O)c1. The molecule has 2 rings (SSSR count). The molecule has 0 unspecified atom stereocenters. The number of sulfonamides is 1. The minimum atomic E-state index is -3.63. The molecular formula is C19H23ClN2O3S. The Morgan fingerprint density at radius 3 is 2.35 bits per heavy atom. The van der Waals surface area contributed by atoms with Gasteiger partial charge in [0.05, 0.1) is 11.9 Å². The highest BCUT2D eigenvalue weighted by atomic mass is 35.5. The summed E-state index contributed by atoms with van der Waals surface area (Å²) in [6.45, 7) is 5.59. The van der Waals surface area contributed by atoms with Gasteiger partial charge in [-0.3, -0.25) is 9.10 Å². The average molecular weight is 395 g/mol. The fraction of sp³-hybridized carbons (Fsp3) is 0.316. The van der Waals surface area contributed by atoms with E-state index in [4.69, 9.17) is 11.6 Å². The minimum Gasteiger partial charge on any atom is -0.350 e. The predicted molar refractivity (Wildman–Crippen MR) is 106 cm³/mol. The largest absolute Gasteiger partial charge is 0.350 e. The third kappa shape index (κ3) is 4.99. The van der Waals surface area contributed by atoms with Crippen LogP contribution in [0.25, 0.3) is 0 Å². The number of rotatable bonds is 6. The van der Waals surface area contributed by atoms with E-state index in [9.17, 15) is 13.2 Å². The van der Waals surface area contributed by atoms with E-state index in [1.165, 1.54) is 4.31 Å². The van der Waals surface area contributed by atoms with Crippen molar-refractivity contribution in [3.8, 4) is 0 Å². The fourth-order valence-electron chi connectivity index (χ4n) is 2.68. The van der Waals surface area contributed by atoms with E-state index in [0.717, 1.165) is 22.9 Å². The van der Waals surface area contributed by atoms with Crippen LogP contribution in [-0.4, -0.2) is 26.6 Å². The van der Waals surface area contributed by atoms with Gasteiger partial charge in [-0.05, 0) is 55.7 Å². The lowest BCUT2D eigenvalue weighted by atomic mass is 10.1. The minimum absolute atomic E-state index is 0.296. The quantitative estimate of drug-likeness (QED) is 0.816. The zero-order valence-corrected chi connectivity index (χ0v) is 16.9. The van der Waals surface area contributed by atoms with Crippen molar-refractivity contribution in [2.24, 2.45) is 0 Å². The van der Waals surface area contributed by atoms with Gasteiger partial charge in [0.2, 0.25) is 15.9 Å². The summed E-state index contributed by atoms with van der Waals surface area (Å²) >= 11 is 5.85. The highest BCUT2D eigenvalue weighted by Crippen LogP contribution is 2.26. The molecule has 5 nitrogen and oxygen atoms in total. The molecule has 0 spiro atoms. The average Bonchev–Trinajstić information content (AvgIpc) is 2.56. The third-order valence-electron chi connectivity index (χ3n) is 4.07. The van der Waals surface area contributed by atoms with Gasteiger partial charge in [0.25, 0.3) is 0 Å². The molecule has 1 N–H and O–H groups in total. The van der Waals surface area contributed by atoms with Crippen molar-refractivity contribution in [2.75, 3.05) is 10.6 Å². The molecule has 0 fully saturated rings. The van der Waals surface area contributed by atoms with Crippen molar-refractivity contribution in [1.29, 1.82) is 0 Å². The van der Waals surface area contributed by atoms with Gasteiger partial charge in [0.1, 0.15) is 6.04 Å². The second-order valence-electron chi connectivity index (χ2n) is 6.37. The van der Waals surface area contributed by atoms with E-state index in [1.54, 1.807) is 25.1 Å². The summed E-state index contributed by atoms with van der Waals surface area (Å²) in [5.41, 5.74) is 3.11. The van der Waals surface area contributed by atoms with Crippen LogP contribution >= 0.6 is 11.6 Å². The second kappa shape index (κ2) is 8.10. The number of hydrogen-bond donors (Lipinski definition) is 1. The Labute approximate surface area is 160 Å². The molecule has 140 valence electrons. The molecule has 0 aliphatic carbocycles. The molecule has 1 amide bonds. The highest BCUT2D eigenvalue weighted by Gasteiger charge is 2.30. The van der Waals surface area contributed by atoms with Crippen LogP contribution in [0.15, 0.2) is 42.5 Å². The first-order valence-corrected chi connectivity index (χ1v) is 10.4. The normalized spacial score (nSPS) is 12.5. The molecule has 2 aromatic carbocycles. The highest BCUT2D eigenvalue weighted by molar-refractivity contribution is 7.92. The number of carbonyl (C=O) groups is 1. The Bertz CT molecular complexity index is 896. The number of amides is 1. The lowest BCUT2D eigenvalue weighted by Crippen LogP contribution is -2.48. The van der Waals surface area contributed by atoms with Gasteiger partial charge in [0.15, 0.2) is 0 Å². The summed E-state index contributed by atoms with van der Waals surface area (Å²) in [7, 11) is -3.63. The second-order valence-corrected chi connectivity index (χ2v) is 8.66. The van der Waals surface area contributed by atoms with E-state index in [-0.39, 0.29) is 5.91 Å². The molecule has 0 aliphatic heterocycles. The van der Waals surface area contributed by atoms with Crippen LogP contribution in [0.5, 0.6) is 0 Å². The van der Waals surface area contributed by atoms with Crippen molar-refractivity contribution in [2.45, 2.75) is 33.4 Å². The standard InChI is InChI=1S/C19H23ClN2O3S/c1-13-5-6-14(2)18(11-13)22(26(4,24)25)15(3)19(23)21-12-16-7-9-17(20)10-8-16/h5-11,15H,12H2,1-4H3,(H,21,23)/t15-/m0/s1. The molecule has 1 atom stereocenters. The maximum atomic E-state index is 12.6. The van der Waals surface area contributed by atoms with Gasteiger partial charge in [-0.2, -0.15) is 0 Å². The maximum Gasteiger partial charge on any atom is 0.243 e. The zero-order valence-electron chi connectivity index (χ0n) is 15.3. The molecule has 2 aromatic rings. The van der Waals surface area contributed by atoms with Crippen LogP contribution in [0.3, 0.4) is 0 Å². The Balaban J connectivity index is 2.23. The monoisotopic (exact) mass is 394 g/mol. The number of benzene rings is 2. The van der Waals surface area contributed by atoms with Gasteiger partial charge in [-0.1, -0.05) is 35.9 Å². The number of hydrogen-bond acceptors (Lipinski definition) is 3. The first-order chi connectivity index (χ1) is 12.1. The van der Waals surface area contributed by atoms with Gasteiger partial charge in [0, 0.05) is 11.6 Å². The number of carbonyl (C=O) groups excluding carboxylic acids is 1. The lowest BCUT2D eigenvalue weighted by Gasteiger charge is -2.29. The first kappa shape index (κ1) is 20.3. The van der Waals surface area contributed by atoms with E-state index in [0.29, 0.717) is 17.3 Å². The molecule has 0 heterocycles. The molecule has 0 aromatic heterocycles. The summed E-state index contributed by atoms with van der Waals surface area (Å²) in [6, 6.07) is 11.8. The smallest absolute Gasteiger partial charge is 0.243 e. The molecule has 0 bridgehead atoms. The third-order valence-corrected chi connectivity index (χ3v) is 5.55. The fourth-order valence-corrected chi connectivity index (χ4v) is 4.03. The van der Waals surface area contributed by atoms with E-state index < -0.39 is 16.1 Å². The molecule has 26 heavy (non-hydrogen) atoms. The van der Waals surface area contributed by atoms with E-state index in [1.807, 2.05) is 38.1 Å². The Morgan fingerprint density at radius 2 is 1.77 bits per heavy atom. The van der Waals surface area contributed by atoms with Crippen LogP contribution in [0.2, 0.25) is 5.02 Å². The molecule has 0 radical (unpaired) electrons. The van der Waals surface area contributed by atoms with E-state index >= 15 is 0 Å². The van der Waals surface area contributed by atoms with Crippen LogP contribution in [0.4, 0.5) is 5.69 Å². The summed E-state index contributed by atoms with van der Waals surface area (Å²) in [5, 5.41) is 3.40. The van der Waals surface area contributed by atoms with E-state index in [2.05, 4.69) is 5.32 Å². The van der Waals surface area contributed by atoms with Crippen LogP contribution < -0.4 is 9.62 Å². The molecule has 0 aliphatic rings. The van der Waals surface area contributed by atoms with Crippen molar-refractivity contribution in [3.63, 3.8) is 0 Å². The molecule has 0 saturated heterocycles. The molecule has 7 heteroatoms. The van der Waals surface area contributed by atoms with Crippen molar-refractivity contribution in [3.05, 3.63) is 64.2 Å². The number of nitrogens with one attached hydrogen (secondary N) is 1. The predicted octanol–water partition coefficient (Wildman–Crippen LogP) is 3.43. The van der Waals surface area contributed by atoms with Gasteiger partial charge >= 0.3 is 0 Å². The lowest BCUT2D eigenvalue weighted by molar-refractivity contribution is -0.122. The first-order valence-electron chi connectivity index (χ1n) is 8.18. The molecule has 0 saturated carbocycles. The van der Waals surface area contributed by atoms with Crippen LogP contribution in [0.1, 0.15) is 23.6 Å². The number of halogens is 1. The Morgan fingerprint density at radius 1 is 1.15 bits per heavy atom. The summed E-state index contributed by atoms with van der Waals surface area (Å²) in [4.78, 5) is 12.6. The Hall–Kier alpha value is -2.05. The van der Waals surface area contributed by atoms with Crippen molar-refractivity contribution < 1.29 is 13.2 Å².